The maximum Gasteiger partial charge on any atom is 0.282 e. The van der Waals surface area contributed by atoms with Crippen molar-refractivity contribution >= 4 is 33.0 Å². The monoisotopic (exact) mass is 570 g/mol. The van der Waals surface area contributed by atoms with Crippen molar-refractivity contribution < 1.29 is 9.47 Å². The number of halogens is 1. The van der Waals surface area contributed by atoms with Crippen molar-refractivity contribution in [1.82, 2.24) is 9.66 Å². The summed E-state index contributed by atoms with van der Waals surface area (Å²) >= 11 is 3.43. The minimum atomic E-state index is -0.231. The predicted molar refractivity (Wildman–Crippen MR) is 153 cm³/mol. The number of methoxy groups -OCH3 is 1. The van der Waals surface area contributed by atoms with Crippen LogP contribution in [-0.4, -0.2) is 23.0 Å². The van der Waals surface area contributed by atoms with Gasteiger partial charge in [-0.05, 0) is 54.8 Å². The molecule has 38 heavy (non-hydrogen) atoms. The molecule has 1 heterocycles. The number of aryl methyl sites for hydroxylation is 1. The number of nitrogens with zero attached hydrogens (tertiary/aromatic N) is 4. The van der Waals surface area contributed by atoms with Crippen LogP contribution in [0.2, 0.25) is 0 Å². The molecule has 0 aliphatic rings. The highest BCUT2D eigenvalue weighted by molar-refractivity contribution is 9.10. The third-order valence-electron chi connectivity index (χ3n) is 5.92. The van der Waals surface area contributed by atoms with Gasteiger partial charge in [0.1, 0.15) is 12.4 Å². The first-order chi connectivity index (χ1) is 18.5. The van der Waals surface area contributed by atoms with E-state index in [0.717, 1.165) is 27.6 Å². The number of ether oxygens (including phenoxy) is 2. The van der Waals surface area contributed by atoms with E-state index in [-0.39, 0.29) is 12.2 Å². The molecule has 0 bridgehead atoms. The normalized spacial score (nSPS) is 11.0. The topological polar surface area (TPSA) is 89.5 Å². The van der Waals surface area contributed by atoms with E-state index in [0.29, 0.717) is 46.6 Å². The Hall–Kier alpha value is -4.22. The summed E-state index contributed by atoms with van der Waals surface area (Å²) in [6.07, 6.45) is 5.36. The van der Waals surface area contributed by atoms with Crippen LogP contribution in [0.1, 0.15) is 41.4 Å². The van der Waals surface area contributed by atoms with Crippen molar-refractivity contribution in [3.8, 4) is 17.6 Å². The molecule has 8 heteroatoms. The van der Waals surface area contributed by atoms with Gasteiger partial charge >= 0.3 is 0 Å². The molecular weight excluding hydrogens is 544 g/mol. The summed E-state index contributed by atoms with van der Waals surface area (Å²) < 4.78 is 14.0. The Balaban J connectivity index is 1.73. The molecule has 0 spiro atoms. The lowest BCUT2D eigenvalue weighted by Gasteiger charge is -2.16. The number of allylic oxidation sites excluding steroid dienone is 1. The molecule has 4 rings (SSSR count). The summed E-state index contributed by atoms with van der Waals surface area (Å²) in [5.74, 6) is 1.68. The second kappa shape index (κ2) is 12.3. The maximum absolute atomic E-state index is 13.3. The van der Waals surface area contributed by atoms with E-state index in [9.17, 15) is 10.1 Å². The van der Waals surface area contributed by atoms with E-state index >= 15 is 0 Å². The van der Waals surface area contributed by atoms with Crippen LogP contribution in [0.15, 0.2) is 81.6 Å². The molecule has 0 N–H and O–H groups in total. The highest BCUT2D eigenvalue weighted by atomic mass is 79.9. The zero-order valence-corrected chi connectivity index (χ0v) is 22.9. The molecule has 0 aliphatic heterocycles. The largest absolute Gasteiger partial charge is 0.493 e. The van der Waals surface area contributed by atoms with Crippen molar-refractivity contribution in [2.75, 3.05) is 7.11 Å². The number of fused-ring (bicyclic) bond motifs is 1. The lowest BCUT2D eigenvalue weighted by molar-refractivity contribution is 0.281. The standard InChI is InChI=1S/C30H27BrN4O3/c1-4-8-21-14-20(15-27(37-3)29(21)38-19-23-11-7-6-10-22(23)17-32)18-33-35-28(9-5-2)34-26-13-12-24(31)16-25(26)30(35)36/h4,6-7,10-16,18H,1,5,8-9,19H2,2-3H3. The van der Waals surface area contributed by atoms with Crippen LogP contribution >= 0.6 is 15.9 Å². The Morgan fingerprint density at radius 3 is 2.74 bits per heavy atom. The third-order valence-corrected chi connectivity index (χ3v) is 6.41. The number of nitriles is 1. The smallest absolute Gasteiger partial charge is 0.282 e. The van der Waals surface area contributed by atoms with Gasteiger partial charge in [0.25, 0.3) is 5.56 Å². The first kappa shape index (κ1) is 26.8. The summed E-state index contributed by atoms with van der Waals surface area (Å²) in [6, 6.07) is 18.7. The van der Waals surface area contributed by atoms with Crippen LogP contribution in [0, 0.1) is 11.3 Å². The molecule has 7 nitrogen and oxygen atoms in total. The fourth-order valence-corrected chi connectivity index (χ4v) is 4.47. The zero-order chi connectivity index (χ0) is 27.1. The minimum Gasteiger partial charge on any atom is -0.493 e. The van der Waals surface area contributed by atoms with Gasteiger partial charge in [-0.3, -0.25) is 4.79 Å². The number of benzene rings is 3. The Bertz CT molecular complexity index is 1620. The van der Waals surface area contributed by atoms with E-state index < -0.39 is 0 Å². The first-order valence-corrected chi connectivity index (χ1v) is 13.0. The fraction of sp³-hybridized carbons (Fsp3) is 0.200. The van der Waals surface area contributed by atoms with Crippen molar-refractivity contribution in [2.45, 2.75) is 32.8 Å². The SMILES string of the molecule is C=CCc1cc(C=Nn2c(CCC)nc3ccc(Br)cc3c2=O)cc(OC)c1OCc1ccccc1C#N. The van der Waals surface area contributed by atoms with E-state index in [1.807, 2.05) is 43.3 Å². The van der Waals surface area contributed by atoms with Gasteiger partial charge in [-0.25, -0.2) is 4.98 Å². The Morgan fingerprint density at radius 2 is 2.00 bits per heavy atom. The molecule has 3 aromatic carbocycles. The van der Waals surface area contributed by atoms with Gasteiger partial charge in [0.2, 0.25) is 0 Å². The number of aromatic nitrogens is 2. The van der Waals surface area contributed by atoms with Gasteiger partial charge < -0.3 is 9.47 Å². The second-order valence-electron chi connectivity index (χ2n) is 8.56. The van der Waals surface area contributed by atoms with E-state index in [2.05, 4.69) is 38.7 Å². The van der Waals surface area contributed by atoms with Crippen LogP contribution in [-0.2, 0) is 19.4 Å². The fourth-order valence-electron chi connectivity index (χ4n) is 4.11. The number of hydrogen-bond donors (Lipinski definition) is 0. The lowest BCUT2D eigenvalue weighted by Crippen LogP contribution is -2.22. The minimum absolute atomic E-state index is 0.214. The van der Waals surface area contributed by atoms with Crippen molar-refractivity contribution in [3.63, 3.8) is 0 Å². The predicted octanol–water partition coefficient (Wildman–Crippen LogP) is 6.18. The molecule has 4 aromatic rings. The highest BCUT2D eigenvalue weighted by Gasteiger charge is 2.15. The first-order valence-electron chi connectivity index (χ1n) is 12.2. The molecule has 0 amide bonds. The average Bonchev–Trinajstić information content (AvgIpc) is 2.93. The summed E-state index contributed by atoms with van der Waals surface area (Å²) in [7, 11) is 1.57. The molecule has 0 radical (unpaired) electrons. The number of rotatable bonds is 10. The molecule has 0 saturated carbocycles. The highest BCUT2D eigenvalue weighted by Crippen LogP contribution is 2.34. The summed E-state index contributed by atoms with van der Waals surface area (Å²) in [5.41, 5.74) is 3.33. The van der Waals surface area contributed by atoms with E-state index in [4.69, 9.17) is 9.47 Å². The van der Waals surface area contributed by atoms with Gasteiger partial charge in [0.05, 0.1) is 35.9 Å². The molecule has 0 aliphatic carbocycles. The summed E-state index contributed by atoms with van der Waals surface area (Å²) in [5, 5.41) is 14.4. The Labute approximate surface area is 229 Å². The van der Waals surface area contributed by atoms with Crippen LogP contribution < -0.4 is 15.0 Å². The van der Waals surface area contributed by atoms with Gasteiger partial charge in [0, 0.05) is 22.0 Å². The summed E-state index contributed by atoms with van der Waals surface area (Å²) in [4.78, 5) is 18.0. The molecule has 1 aromatic heterocycles. The second-order valence-corrected chi connectivity index (χ2v) is 9.48. The van der Waals surface area contributed by atoms with Crippen molar-refractivity contribution in [2.24, 2.45) is 5.10 Å². The van der Waals surface area contributed by atoms with E-state index in [1.165, 1.54) is 4.68 Å². The quantitative estimate of drug-likeness (QED) is 0.168. The van der Waals surface area contributed by atoms with Gasteiger partial charge in [-0.1, -0.05) is 47.1 Å². The van der Waals surface area contributed by atoms with Crippen LogP contribution in [0.5, 0.6) is 11.5 Å². The van der Waals surface area contributed by atoms with Crippen LogP contribution in [0.25, 0.3) is 10.9 Å². The average molecular weight is 571 g/mol. The zero-order valence-electron chi connectivity index (χ0n) is 21.3. The third kappa shape index (κ3) is 5.84. The maximum atomic E-state index is 13.3. The lowest BCUT2D eigenvalue weighted by atomic mass is 10.1. The Kier molecular flexibility index (Phi) is 8.72. The van der Waals surface area contributed by atoms with Gasteiger partial charge in [0.15, 0.2) is 11.5 Å². The van der Waals surface area contributed by atoms with Gasteiger partial charge in [-0.2, -0.15) is 15.0 Å². The molecule has 0 unspecified atom stereocenters. The van der Waals surface area contributed by atoms with Crippen molar-refractivity contribution in [3.05, 3.63) is 110 Å². The molecule has 0 saturated heterocycles. The molecule has 0 fully saturated rings. The van der Waals surface area contributed by atoms with Crippen LogP contribution in [0.4, 0.5) is 0 Å². The number of hydrogen-bond acceptors (Lipinski definition) is 6. The van der Waals surface area contributed by atoms with Crippen molar-refractivity contribution in [1.29, 1.82) is 5.26 Å². The molecule has 0 atom stereocenters. The van der Waals surface area contributed by atoms with E-state index in [1.54, 1.807) is 37.6 Å². The molecule has 192 valence electrons. The van der Waals surface area contributed by atoms with Gasteiger partial charge in [-0.15, -0.1) is 6.58 Å². The Morgan fingerprint density at radius 1 is 1.18 bits per heavy atom. The van der Waals surface area contributed by atoms with Crippen LogP contribution in [0.3, 0.4) is 0 Å². The summed E-state index contributed by atoms with van der Waals surface area (Å²) in [6.45, 7) is 6.12. The molecular formula is C30H27BrN4O3.